The molecule has 1 aliphatic carbocycles. The largest absolute Gasteiger partial charge is 0.123 e. The van der Waals surface area contributed by atoms with Crippen molar-refractivity contribution in [3.05, 3.63) is 34.9 Å². The Morgan fingerprint density at radius 2 is 1.87 bits per heavy atom. The van der Waals surface area contributed by atoms with Gasteiger partial charge in [0, 0.05) is 10.4 Å². The Hall–Kier alpha value is -0.200. The second-order valence-corrected chi connectivity index (χ2v) is 5.51. The summed E-state index contributed by atoms with van der Waals surface area (Å²) in [7, 11) is 0. The summed E-state index contributed by atoms with van der Waals surface area (Å²) in [5.74, 6) is 0.766. The first kappa shape index (κ1) is 11.3. The van der Waals surface area contributed by atoms with E-state index in [1.54, 1.807) is 0 Å². The molecule has 0 aliphatic heterocycles. The Morgan fingerprint density at radius 3 is 2.53 bits per heavy atom. The molecule has 1 aromatic rings. The molecule has 0 nitrogen and oxygen atoms in total. The van der Waals surface area contributed by atoms with Gasteiger partial charge in [-0.3, -0.25) is 0 Å². The van der Waals surface area contributed by atoms with Crippen molar-refractivity contribution in [2.75, 3.05) is 0 Å². The molecule has 0 heterocycles. The Labute approximate surface area is 102 Å². The fraction of sp³-hybridized carbons (Fsp3) is 0.538. The third kappa shape index (κ3) is 3.39. The van der Waals surface area contributed by atoms with Crippen LogP contribution in [-0.4, -0.2) is 5.38 Å². The van der Waals surface area contributed by atoms with E-state index >= 15 is 0 Å². The van der Waals surface area contributed by atoms with Gasteiger partial charge in [-0.1, -0.05) is 36.6 Å². The Bertz CT molecular complexity index is 305. The van der Waals surface area contributed by atoms with Crippen LogP contribution >= 0.6 is 23.2 Å². The molecule has 1 fully saturated rings. The van der Waals surface area contributed by atoms with Gasteiger partial charge in [-0.2, -0.15) is 0 Å². The van der Waals surface area contributed by atoms with E-state index in [9.17, 15) is 0 Å². The van der Waals surface area contributed by atoms with E-state index in [2.05, 4.69) is 12.1 Å². The van der Waals surface area contributed by atoms with Crippen molar-refractivity contribution in [3.63, 3.8) is 0 Å². The quantitative estimate of drug-likeness (QED) is 0.661. The van der Waals surface area contributed by atoms with E-state index in [-0.39, 0.29) is 0 Å². The summed E-state index contributed by atoms with van der Waals surface area (Å²) < 4.78 is 0. The van der Waals surface area contributed by atoms with Crippen molar-refractivity contribution in [1.82, 2.24) is 0 Å². The molecule has 2 unspecified atom stereocenters. The predicted molar refractivity (Wildman–Crippen MR) is 66.8 cm³/mol. The SMILES string of the molecule is Clc1ccc(CC2CCCC(Cl)C2)cc1. The van der Waals surface area contributed by atoms with Gasteiger partial charge in [0.25, 0.3) is 0 Å². The van der Waals surface area contributed by atoms with E-state index in [0.717, 1.165) is 17.4 Å². The lowest BCUT2D eigenvalue weighted by Crippen LogP contribution is -2.17. The second kappa shape index (κ2) is 5.23. The maximum Gasteiger partial charge on any atom is 0.0406 e. The molecule has 0 amide bonds. The van der Waals surface area contributed by atoms with E-state index in [4.69, 9.17) is 23.2 Å². The molecule has 0 N–H and O–H groups in total. The van der Waals surface area contributed by atoms with Crippen LogP contribution in [0.5, 0.6) is 0 Å². The van der Waals surface area contributed by atoms with E-state index in [1.165, 1.54) is 31.2 Å². The number of hydrogen-bond acceptors (Lipinski definition) is 0. The topological polar surface area (TPSA) is 0 Å². The van der Waals surface area contributed by atoms with Crippen molar-refractivity contribution in [1.29, 1.82) is 0 Å². The summed E-state index contributed by atoms with van der Waals surface area (Å²) in [6.07, 6.45) is 6.13. The molecule has 1 saturated carbocycles. The summed E-state index contributed by atoms with van der Waals surface area (Å²) in [4.78, 5) is 0. The molecule has 0 radical (unpaired) electrons. The van der Waals surface area contributed by atoms with Gasteiger partial charge in [-0.05, 0) is 42.9 Å². The van der Waals surface area contributed by atoms with Crippen LogP contribution in [0.25, 0.3) is 0 Å². The van der Waals surface area contributed by atoms with Crippen LogP contribution < -0.4 is 0 Å². The zero-order valence-corrected chi connectivity index (χ0v) is 10.3. The number of rotatable bonds is 2. The van der Waals surface area contributed by atoms with Gasteiger partial charge >= 0.3 is 0 Å². The van der Waals surface area contributed by atoms with Crippen LogP contribution in [0.4, 0.5) is 0 Å². The number of alkyl halides is 1. The minimum Gasteiger partial charge on any atom is -0.123 e. The monoisotopic (exact) mass is 242 g/mol. The summed E-state index contributed by atoms with van der Waals surface area (Å²) in [5, 5.41) is 1.22. The van der Waals surface area contributed by atoms with Crippen LogP contribution in [0.2, 0.25) is 5.02 Å². The number of benzene rings is 1. The molecule has 1 aliphatic rings. The summed E-state index contributed by atoms with van der Waals surface area (Å²) >= 11 is 12.0. The average molecular weight is 243 g/mol. The molecule has 0 bridgehead atoms. The summed E-state index contributed by atoms with van der Waals surface area (Å²) in [5.41, 5.74) is 1.38. The third-order valence-electron chi connectivity index (χ3n) is 3.16. The Morgan fingerprint density at radius 1 is 1.13 bits per heavy atom. The molecular formula is C13H16Cl2. The fourth-order valence-corrected chi connectivity index (χ4v) is 2.90. The minimum atomic E-state index is 0.399. The van der Waals surface area contributed by atoms with Gasteiger partial charge in [-0.25, -0.2) is 0 Å². The smallest absolute Gasteiger partial charge is 0.0406 e. The van der Waals surface area contributed by atoms with Gasteiger partial charge in [0.2, 0.25) is 0 Å². The molecule has 2 heteroatoms. The molecule has 2 atom stereocenters. The van der Waals surface area contributed by atoms with Crippen LogP contribution in [0.3, 0.4) is 0 Å². The maximum absolute atomic E-state index is 6.18. The lowest BCUT2D eigenvalue weighted by Gasteiger charge is -2.25. The second-order valence-electron chi connectivity index (χ2n) is 4.46. The van der Waals surface area contributed by atoms with Crippen LogP contribution in [-0.2, 0) is 6.42 Å². The molecule has 1 aromatic carbocycles. The van der Waals surface area contributed by atoms with Crippen LogP contribution in [0.1, 0.15) is 31.2 Å². The highest BCUT2D eigenvalue weighted by molar-refractivity contribution is 6.30. The average Bonchev–Trinajstić information content (AvgIpc) is 2.22. The highest BCUT2D eigenvalue weighted by Gasteiger charge is 2.20. The predicted octanol–water partition coefficient (Wildman–Crippen LogP) is 4.68. The van der Waals surface area contributed by atoms with Crippen molar-refractivity contribution in [2.24, 2.45) is 5.92 Å². The Balaban J connectivity index is 1.93. The lowest BCUT2D eigenvalue weighted by atomic mass is 9.84. The van der Waals surface area contributed by atoms with Crippen LogP contribution in [0.15, 0.2) is 24.3 Å². The van der Waals surface area contributed by atoms with Crippen molar-refractivity contribution < 1.29 is 0 Å². The van der Waals surface area contributed by atoms with Crippen molar-refractivity contribution in [2.45, 2.75) is 37.5 Å². The molecule has 15 heavy (non-hydrogen) atoms. The fourth-order valence-electron chi connectivity index (χ4n) is 2.36. The summed E-state index contributed by atoms with van der Waals surface area (Å²) in [6, 6.07) is 8.19. The first-order chi connectivity index (χ1) is 7.24. The molecule has 0 spiro atoms. The molecule has 2 rings (SSSR count). The highest BCUT2D eigenvalue weighted by atomic mass is 35.5. The van der Waals surface area contributed by atoms with E-state index < -0.39 is 0 Å². The van der Waals surface area contributed by atoms with Gasteiger partial charge in [0.15, 0.2) is 0 Å². The van der Waals surface area contributed by atoms with Crippen molar-refractivity contribution in [3.8, 4) is 0 Å². The molecule has 0 aromatic heterocycles. The zero-order chi connectivity index (χ0) is 10.7. The molecule has 82 valence electrons. The maximum atomic E-state index is 6.18. The Kier molecular flexibility index (Phi) is 3.93. The van der Waals surface area contributed by atoms with Gasteiger partial charge < -0.3 is 0 Å². The lowest BCUT2D eigenvalue weighted by molar-refractivity contribution is 0.361. The molecular weight excluding hydrogens is 227 g/mol. The van der Waals surface area contributed by atoms with Gasteiger partial charge in [0.05, 0.1) is 0 Å². The first-order valence-electron chi connectivity index (χ1n) is 5.62. The van der Waals surface area contributed by atoms with Crippen molar-refractivity contribution >= 4 is 23.2 Å². The minimum absolute atomic E-state index is 0.399. The van der Waals surface area contributed by atoms with Gasteiger partial charge in [-0.15, -0.1) is 11.6 Å². The first-order valence-corrected chi connectivity index (χ1v) is 6.44. The van der Waals surface area contributed by atoms with Gasteiger partial charge in [0.1, 0.15) is 0 Å². The zero-order valence-electron chi connectivity index (χ0n) is 8.76. The summed E-state index contributed by atoms with van der Waals surface area (Å²) in [6.45, 7) is 0. The highest BCUT2D eigenvalue weighted by Crippen LogP contribution is 2.30. The normalized spacial score (nSPS) is 26.5. The van der Waals surface area contributed by atoms with E-state index in [1.807, 2.05) is 12.1 Å². The third-order valence-corrected chi connectivity index (χ3v) is 3.80. The van der Waals surface area contributed by atoms with Crippen LogP contribution in [0, 0.1) is 5.92 Å². The molecule has 0 saturated heterocycles. The van der Waals surface area contributed by atoms with E-state index in [0.29, 0.717) is 5.38 Å². The number of halogens is 2. The standard InChI is InChI=1S/C13H16Cl2/c14-12-6-4-10(5-7-12)8-11-2-1-3-13(15)9-11/h4-7,11,13H,1-3,8-9H2. The number of hydrogen-bond donors (Lipinski definition) is 0.